The molecule has 0 unspecified atom stereocenters. The van der Waals surface area contributed by atoms with Gasteiger partial charge in [0.25, 0.3) is 0 Å². The highest BCUT2D eigenvalue weighted by molar-refractivity contribution is 5.88. The van der Waals surface area contributed by atoms with Gasteiger partial charge >= 0.3 is 5.97 Å². The summed E-state index contributed by atoms with van der Waals surface area (Å²) in [7, 11) is 0. The molecule has 3 N–H and O–H groups in total. The number of amides is 2. The molecule has 0 aromatic heterocycles. The smallest absolute Gasteiger partial charge is 0.328 e. The lowest BCUT2D eigenvalue weighted by molar-refractivity contribution is -0.143. The predicted molar refractivity (Wildman–Crippen MR) is 52.5 cm³/mol. The van der Waals surface area contributed by atoms with Crippen LogP contribution in [0.3, 0.4) is 0 Å². The van der Waals surface area contributed by atoms with E-state index in [0.717, 1.165) is 0 Å². The number of aliphatic hydroxyl groups is 1. The number of nitrogens with one attached hydrogen (secondary N) is 1. The van der Waals surface area contributed by atoms with Crippen molar-refractivity contribution in [3.8, 4) is 0 Å². The van der Waals surface area contributed by atoms with Crippen LogP contribution in [0.15, 0.2) is 0 Å². The average Bonchev–Trinajstić information content (AvgIpc) is 2.60. The van der Waals surface area contributed by atoms with Gasteiger partial charge in [-0.1, -0.05) is 0 Å². The summed E-state index contributed by atoms with van der Waals surface area (Å²) in [4.78, 5) is 34.4. The van der Waals surface area contributed by atoms with Gasteiger partial charge in [-0.2, -0.15) is 0 Å². The minimum absolute atomic E-state index is 0.106. The van der Waals surface area contributed by atoms with Gasteiger partial charge in [-0.25, -0.2) is 4.79 Å². The van der Waals surface area contributed by atoms with Gasteiger partial charge in [-0.15, -0.1) is 0 Å². The van der Waals surface area contributed by atoms with E-state index >= 15 is 0 Å². The number of rotatable bonds is 5. The summed E-state index contributed by atoms with van der Waals surface area (Å²) in [5.74, 6) is -1.98. The van der Waals surface area contributed by atoms with Gasteiger partial charge in [0.1, 0.15) is 6.04 Å². The first-order valence-electron chi connectivity index (χ1n) is 4.95. The third kappa shape index (κ3) is 3.20. The molecular weight excluding hydrogens is 216 g/mol. The average molecular weight is 230 g/mol. The number of carboxylic acid groups (broad SMARTS) is 1. The molecular formula is C9H14N2O5. The number of carboxylic acids is 1. The van der Waals surface area contributed by atoms with Gasteiger partial charge in [-0.05, 0) is 6.42 Å². The molecule has 1 atom stereocenters. The number of likely N-dealkylation sites (tertiary alicyclic amines) is 1. The van der Waals surface area contributed by atoms with Crippen molar-refractivity contribution in [2.75, 3.05) is 19.7 Å². The van der Waals surface area contributed by atoms with Gasteiger partial charge in [-0.3, -0.25) is 9.59 Å². The summed E-state index contributed by atoms with van der Waals surface area (Å²) in [6.07, 6.45) is 1.14. The van der Waals surface area contributed by atoms with E-state index in [2.05, 4.69) is 5.32 Å². The van der Waals surface area contributed by atoms with Crippen molar-refractivity contribution < 1.29 is 24.6 Å². The molecule has 0 saturated carbocycles. The van der Waals surface area contributed by atoms with Crippen LogP contribution in [-0.2, 0) is 14.4 Å². The highest BCUT2D eigenvalue weighted by Gasteiger charge is 2.24. The van der Waals surface area contributed by atoms with Crippen LogP contribution in [0.25, 0.3) is 0 Å². The van der Waals surface area contributed by atoms with Gasteiger partial charge in [0.15, 0.2) is 0 Å². The maximum atomic E-state index is 11.3. The number of carbonyl (C=O) groups excluding carboxylic acids is 2. The van der Waals surface area contributed by atoms with Crippen molar-refractivity contribution in [3.63, 3.8) is 0 Å². The number of carbonyl (C=O) groups is 3. The first kappa shape index (κ1) is 12.4. The molecule has 2 amide bonds. The van der Waals surface area contributed by atoms with Crippen LogP contribution in [0, 0.1) is 0 Å². The Hall–Kier alpha value is -1.63. The Morgan fingerprint density at radius 2 is 2.19 bits per heavy atom. The molecule has 16 heavy (non-hydrogen) atoms. The van der Waals surface area contributed by atoms with Crippen molar-refractivity contribution in [1.29, 1.82) is 0 Å². The van der Waals surface area contributed by atoms with Crippen LogP contribution >= 0.6 is 0 Å². The van der Waals surface area contributed by atoms with E-state index in [1.807, 2.05) is 0 Å². The zero-order valence-electron chi connectivity index (χ0n) is 8.68. The molecule has 0 aromatic carbocycles. The Labute approximate surface area is 92.0 Å². The van der Waals surface area contributed by atoms with Crippen molar-refractivity contribution in [2.24, 2.45) is 0 Å². The summed E-state index contributed by atoms with van der Waals surface area (Å²) >= 11 is 0. The molecule has 0 bridgehead atoms. The van der Waals surface area contributed by atoms with E-state index in [4.69, 9.17) is 10.2 Å². The van der Waals surface area contributed by atoms with E-state index in [9.17, 15) is 14.4 Å². The molecule has 7 heteroatoms. The lowest BCUT2D eigenvalue weighted by Crippen LogP contribution is -2.47. The van der Waals surface area contributed by atoms with Gasteiger partial charge < -0.3 is 20.4 Å². The monoisotopic (exact) mass is 230 g/mol. The van der Waals surface area contributed by atoms with E-state index in [1.54, 1.807) is 0 Å². The topological polar surface area (TPSA) is 107 Å². The van der Waals surface area contributed by atoms with Crippen LogP contribution < -0.4 is 5.32 Å². The molecule has 1 aliphatic heterocycles. The molecule has 1 rings (SSSR count). The highest BCUT2D eigenvalue weighted by Crippen LogP contribution is 2.08. The first-order chi connectivity index (χ1) is 7.54. The Bertz CT molecular complexity index is 298. The van der Waals surface area contributed by atoms with Gasteiger partial charge in [0, 0.05) is 13.0 Å². The maximum absolute atomic E-state index is 11.3. The third-order valence-corrected chi connectivity index (χ3v) is 2.32. The first-order valence-corrected chi connectivity index (χ1v) is 4.95. The fourth-order valence-corrected chi connectivity index (χ4v) is 1.47. The molecule has 1 fully saturated rings. The summed E-state index contributed by atoms with van der Waals surface area (Å²) in [6, 6.07) is -1.31. The predicted octanol–water partition coefficient (Wildman–Crippen LogP) is -1.83. The minimum Gasteiger partial charge on any atom is -0.480 e. The molecule has 1 aliphatic rings. The molecule has 0 aliphatic carbocycles. The molecule has 0 aromatic rings. The zero-order chi connectivity index (χ0) is 12.1. The largest absolute Gasteiger partial charge is 0.480 e. The maximum Gasteiger partial charge on any atom is 0.328 e. The van der Waals surface area contributed by atoms with Crippen molar-refractivity contribution in [3.05, 3.63) is 0 Å². The molecule has 0 radical (unpaired) electrons. The fraction of sp³-hybridized carbons (Fsp3) is 0.667. The van der Waals surface area contributed by atoms with Crippen LogP contribution in [0.5, 0.6) is 0 Å². The Kier molecular flexibility index (Phi) is 4.24. The fourth-order valence-electron chi connectivity index (χ4n) is 1.47. The molecule has 7 nitrogen and oxygen atoms in total. The van der Waals surface area contributed by atoms with Crippen LogP contribution in [0.1, 0.15) is 12.8 Å². The minimum atomic E-state index is -1.31. The van der Waals surface area contributed by atoms with Gasteiger partial charge in [0.05, 0.1) is 13.2 Å². The number of hydrogen-bond acceptors (Lipinski definition) is 4. The van der Waals surface area contributed by atoms with Crippen LogP contribution in [0.4, 0.5) is 0 Å². The quantitative estimate of drug-likeness (QED) is 0.515. The van der Waals surface area contributed by atoms with E-state index < -0.39 is 24.5 Å². The summed E-state index contributed by atoms with van der Waals surface area (Å²) in [5, 5.41) is 19.4. The molecule has 1 heterocycles. The second-order valence-corrected chi connectivity index (χ2v) is 3.56. The number of aliphatic carboxylic acids is 1. The third-order valence-electron chi connectivity index (χ3n) is 2.32. The van der Waals surface area contributed by atoms with Crippen LogP contribution in [0.2, 0.25) is 0 Å². The second-order valence-electron chi connectivity index (χ2n) is 3.56. The summed E-state index contributed by atoms with van der Waals surface area (Å²) in [5.41, 5.74) is 0. The highest BCUT2D eigenvalue weighted by atomic mass is 16.4. The number of hydrogen-bond donors (Lipinski definition) is 3. The Morgan fingerprint density at radius 3 is 2.62 bits per heavy atom. The van der Waals surface area contributed by atoms with E-state index in [-0.39, 0.29) is 12.5 Å². The summed E-state index contributed by atoms with van der Waals surface area (Å²) in [6.45, 7) is -0.305. The van der Waals surface area contributed by atoms with Crippen molar-refractivity contribution >= 4 is 17.8 Å². The number of aliphatic hydroxyl groups excluding tert-OH is 1. The van der Waals surface area contributed by atoms with Gasteiger partial charge in [0.2, 0.25) is 11.8 Å². The molecule has 1 saturated heterocycles. The second kappa shape index (κ2) is 5.45. The summed E-state index contributed by atoms with van der Waals surface area (Å²) < 4.78 is 0. The van der Waals surface area contributed by atoms with Crippen molar-refractivity contribution in [2.45, 2.75) is 18.9 Å². The molecule has 0 spiro atoms. The normalized spacial score (nSPS) is 17.3. The standard InChI is InChI=1S/C9H14N2O5/c12-5-6(9(15)16)10-7(13)4-11-3-1-2-8(11)14/h6,12H,1-5H2,(H,10,13)(H,15,16)/t6-/m1/s1. The lowest BCUT2D eigenvalue weighted by atomic mass is 10.3. The van der Waals surface area contributed by atoms with Crippen molar-refractivity contribution in [1.82, 2.24) is 10.2 Å². The Balaban J connectivity index is 2.40. The lowest BCUT2D eigenvalue weighted by Gasteiger charge is -2.17. The van der Waals surface area contributed by atoms with Crippen LogP contribution in [-0.4, -0.2) is 58.6 Å². The molecule has 90 valence electrons. The Morgan fingerprint density at radius 1 is 1.50 bits per heavy atom. The zero-order valence-corrected chi connectivity index (χ0v) is 8.68. The number of nitrogens with zero attached hydrogens (tertiary/aromatic N) is 1. The van der Waals surface area contributed by atoms with E-state index in [1.165, 1.54) is 4.90 Å². The van der Waals surface area contributed by atoms with E-state index in [0.29, 0.717) is 19.4 Å². The SMILES string of the molecule is O=C(CN1CCCC1=O)N[C@H](CO)C(=O)O.